The lowest BCUT2D eigenvalue weighted by atomic mass is 10.3. The van der Waals surface area contributed by atoms with Crippen LogP contribution < -0.4 is 5.73 Å². The van der Waals surface area contributed by atoms with E-state index in [0.717, 1.165) is 30.0 Å². The maximum atomic E-state index is 5.66. The molecule has 0 radical (unpaired) electrons. The second-order valence-electron chi connectivity index (χ2n) is 2.72. The number of halogens is 1. The van der Waals surface area contributed by atoms with Crippen LogP contribution in [0, 0.1) is 0 Å². The number of nitrogen functional groups attached to an aromatic ring is 1. The SMILES string of the molecule is Nc1cccc(SCCOCCBr)c1. The van der Waals surface area contributed by atoms with Crippen LogP contribution in [0.4, 0.5) is 5.69 Å². The Morgan fingerprint density at radius 1 is 1.36 bits per heavy atom. The van der Waals surface area contributed by atoms with E-state index in [1.165, 1.54) is 4.90 Å². The van der Waals surface area contributed by atoms with Crippen molar-refractivity contribution in [3.05, 3.63) is 24.3 Å². The zero-order valence-corrected chi connectivity index (χ0v) is 10.3. The van der Waals surface area contributed by atoms with Gasteiger partial charge in [-0.2, -0.15) is 0 Å². The second kappa shape index (κ2) is 7.15. The number of hydrogen-bond acceptors (Lipinski definition) is 3. The van der Waals surface area contributed by atoms with Gasteiger partial charge in [0.25, 0.3) is 0 Å². The van der Waals surface area contributed by atoms with E-state index in [9.17, 15) is 0 Å². The number of benzene rings is 1. The van der Waals surface area contributed by atoms with Gasteiger partial charge in [-0.3, -0.25) is 0 Å². The second-order valence-corrected chi connectivity index (χ2v) is 4.68. The average molecular weight is 276 g/mol. The smallest absolute Gasteiger partial charge is 0.0563 e. The number of hydrogen-bond donors (Lipinski definition) is 1. The molecule has 14 heavy (non-hydrogen) atoms. The average Bonchev–Trinajstić information content (AvgIpc) is 2.18. The summed E-state index contributed by atoms with van der Waals surface area (Å²) in [4.78, 5) is 1.20. The van der Waals surface area contributed by atoms with Crippen LogP contribution in [0.25, 0.3) is 0 Å². The van der Waals surface area contributed by atoms with Crippen molar-refractivity contribution in [2.75, 3.05) is 30.0 Å². The first-order valence-corrected chi connectivity index (χ1v) is 6.55. The first-order valence-electron chi connectivity index (χ1n) is 4.45. The van der Waals surface area contributed by atoms with Gasteiger partial charge in [-0.25, -0.2) is 0 Å². The highest BCUT2D eigenvalue weighted by Crippen LogP contribution is 2.19. The zero-order chi connectivity index (χ0) is 10.2. The standard InChI is InChI=1S/C10H14BrNOS/c11-4-5-13-6-7-14-10-3-1-2-9(12)8-10/h1-3,8H,4-7,12H2. The molecule has 0 spiro atoms. The fourth-order valence-electron chi connectivity index (χ4n) is 0.979. The van der Waals surface area contributed by atoms with E-state index in [4.69, 9.17) is 10.5 Å². The van der Waals surface area contributed by atoms with Crippen molar-refractivity contribution in [2.45, 2.75) is 4.90 Å². The summed E-state index contributed by atoms with van der Waals surface area (Å²) in [5.74, 6) is 0.969. The van der Waals surface area contributed by atoms with E-state index < -0.39 is 0 Å². The highest BCUT2D eigenvalue weighted by molar-refractivity contribution is 9.09. The molecular formula is C10H14BrNOS. The molecular weight excluding hydrogens is 262 g/mol. The van der Waals surface area contributed by atoms with Crippen molar-refractivity contribution in [1.82, 2.24) is 0 Å². The number of nitrogens with two attached hydrogens (primary N) is 1. The Morgan fingerprint density at radius 2 is 2.21 bits per heavy atom. The fraction of sp³-hybridized carbons (Fsp3) is 0.400. The van der Waals surface area contributed by atoms with Gasteiger partial charge >= 0.3 is 0 Å². The Morgan fingerprint density at radius 3 is 2.93 bits per heavy atom. The van der Waals surface area contributed by atoms with E-state index in [1.807, 2.05) is 18.2 Å². The fourth-order valence-corrected chi connectivity index (χ4v) is 2.04. The molecule has 0 atom stereocenters. The Labute approximate surface area is 97.3 Å². The van der Waals surface area contributed by atoms with Gasteiger partial charge in [0.15, 0.2) is 0 Å². The molecule has 0 saturated carbocycles. The topological polar surface area (TPSA) is 35.2 Å². The van der Waals surface area contributed by atoms with Crippen LogP contribution in [0.3, 0.4) is 0 Å². The van der Waals surface area contributed by atoms with Crippen LogP contribution in [-0.4, -0.2) is 24.3 Å². The summed E-state index contributed by atoms with van der Waals surface area (Å²) in [5.41, 5.74) is 6.48. The van der Waals surface area contributed by atoms with Crippen molar-refractivity contribution in [3.8, 4) is 0 Å². The molecule has 0 unspecified atom stereocenters. The summed E-state index contributed by atoms with van der Waals surface area (Å²) >= 11 is 5.07. The summed E-state index contributed by atoms with van der Waals surface area (Å²) in [5, 5.41) is 0.899. The summed E-state index contributed by atoms with van der Waals surface area (Å²) in [6, 6.07) is 7.91. The van der Waals surface area contributed by atoms with Gasteiger partial charge in [0.1, 0.15) is 0 Å². The Hall–Kier alpha value is -0.190. The van der Waals surface area contributed by atoms with Gasteiger partial charge in [0.05, 0.1) is 13.2 Å². The van der Waals surface area contributed by atoms with E-state index in [1.54, 1.807) is 11.8 Å². The van der Waals surface area contributed by atoms with Crippen molar-refractivity contribution >= 4 is 33.4 Å². The molecule has 0 fully saturated rings. The van der Waals surface area contributed by atoms with Crippen LogP contribution in [-0.2, 0) is 4.74 Å². The molecule has 1 rings (SSSR count). The van der Waals surface area contributed by atoms with E-state index in [-0.39, 0.29) is 0 Å². The molecule has 0 aliphatic heterocycles. The number of ether oxygens (including phenoxy) is 1. The van der Waals surface area contributed by atoms with E-state index in [0.29, 0.717) is 0 Å². The van der Waals surface area contributed by atoms with Crippen molar-refractivity contribution < 1.29 is 4.74 Å². The lowest BCUT2D eigenvalue weighted by Gasteiger charge is -2.03. The summed E-state index contributed by atoms with van der Waals surface area (Å²) < 4.78 is 5.34. The number of anilines is 1. The van der Waals surface area contributed by atoms with Crippen molar-refractivity contribution in [1.29, 1.82) is 0 Å². The summed E-state index contributed by atoms with van der Waals surface area (Å²) in [6.45, 7) is 1.56. The third-order valence-electron chi connectivity index (χ3n) is 1.58. The Kier molecular flexibility index (Phi) is 6.07. The van der Waals surface area contributed by atoms with Crippen LogP contribution in [0.15, 0.2) is 29.2 Å². The predicted molar refractivity (Wildman–Crippen MR) is 66.2 cm³/mol. The number of rotatable bonds is 6. The molecule has 1 aromatic carbocycles. The quantitative estimate of drug-likeness (QED) is 0.375. The van der Waals surface area contributed by atoms with Crippen molar-refractivity contribution in [3.63, 3.8) is 0 Å². The van der Waals surface area contributed by atoms with Gasteiger partial charge in [-0.15, -0.1) is 11.8 Å². The third-order valence-corrected chi connectivity index (χ3v) is 2.86. The van der Waals surface area contributed by atoms with Gasteiger partial charge < -0.3 is 10.5 Å². The Balaban J connectivity index is 2.18. The minimum atomic E-state index is 0.775. The van der Waals surface area contributed by atoms with Crippen molar-refractivity contribution in [2.24, 2.45) is 0 Å². The molecule has 2 N–H and O–H groups in total. The molecule has 0 amide bonds. The molecule has 4 heteroatoms. The highest BCUT2D eigenvalue weighted by Gasteiger charge is 1.94. The largest absolute Gasteiger partial charge is 0.399 e. The molecule has 0 saturated heterocycles. The van der Waals surface area contributed by atoms with E-state index >= 15 is 0 Å². The van der Waals surface area contributed by atoms with Gasteiger partial charge in [-0.1, -0.05) is 22.0 Å². The molecule has 1 aromatic rings. The highest BCUT2D eigenvalue weighted by atomic mass is 79.9. The van der Waals surface area contributed by atoms with E-state index in [2.05, 4.69) is 22.0 Å². The predicted octanol–water partition coefficient (Wildman–Crippen LogP) is 2.77. The molecule has 2 nitrogen and oxygen atoms in total. The zero-order valence-electron chi connectivity index (χ0n) is 7.91. The third kappa shape index (κ3) is 4.88. The van der Waals surface area contributed by atoms with Crippen LogP contribution in [0.1, 0.15) is 0 Å². The van der Waals surface area contributed by atoms with Gasteiger partial charge in [0, 0.05) is 21.7 Å². The first-order chi connectivity index (χ1) is 6.83. The maximum Gasteiger partial charge on any atom is 0.0563 e. The molecule has 0 heterocycles. The van der Waals surface area contributed by atoms with Crippen LogP contribution >= 0.6 is 27.7 Å². The van der Waals surface area contributed by atoms with Crippen LogP contribution in [0.2, 0.25) is 0 Å². The summed E-state index contributed by atoms with van der Waals surface area (Å²) in [7, 11) is 0. The molecule has 0 bridgehead atoms. The van der Waals surface area contributed by atoms with Crippen LogP contribution in [0.5, 0.6) is 0 Å². The lowest BCUT2D eigenvalue weighted by molar-refractivity contribution is 0.168. The molecule has 78 valence electrons. The number of alkyl halides is 1. The molecule has 0 aromatic heterocycles. The summed E-state index contributed by atoms with van der Waals surface area (Å²) in [6.07, 6.45) is 0. The minimum absolute atomic E-state index is 0.775. The molecule has 0 aliphatic rings. The van der Waals surface area contributed by atoms with Gasteiger partial charge in [0.2, 0.25) is 0 Å². The normalized spacial score (nSPS) is 10.4. The first kappa shape index (κ1) is 11.9. The Bertz CT molecular complexity index is 270. The van der Waals surface area contributed by atoms with Gasteiger partial charge in [-0.05, 0) is 18.2 Å². The lowest BCUT2D eigenvalue weighted by Crippen LogP contribution is -1.99. The number of thioether (sulfide) groups is 1. The maximum absolute atomic E-state index is 5.66. The molecule has 0 aliphatic carbocycles. The monoisotopic (exact) mass is 275 g/mol. The minimum Gasteiger partial charge on any atom is -0.399 e.